The Morgan fingerprint density at radius 2 is 2.00 bits per heavy atom. The Kier molecular flexibility index (Phi) is 5.84. The zero-order chi connectivity index (χ0) is 15.1. The van der Waals surface area contributed by atoms with Gasteiger partial charge in [-0.25, -0.2) is 4.39 Å². The van der Waals surface area contributed by atoms with Crippen molar-refractivity contribution in [3.63, 3.8) is 0 Å². The number of hydrogen-bond donors (Lipinski definition) is 1. The third kappa shape index (κ3) is 4.92. The summed E-state index contributed by atoms with van der Waals surface area (Å²) < 4.78 is 23.6. The van der Waals surface area contributed by atoms with Crippen LogP contribution in [0.1, 0.15) is 5.56 Å². The molecular formula is C16H17ClFNO2. The maximum Gasteiger partial charge on any atom is 0.141 e. The number of halogens is 2. The molecule has 0 spiro atoms. The van der Waals surface area contributed by atoms with Gasteiger partial charge in [-0.3, -0.25) is 0 Å². The predicted molar refractivity (Wildman–Crippen MR) is 82.5 cm³/mol. The summed E-state index contributed by atoms with van der Waals surface area (Å²) in [7, 11) is 1.63. The Hall–Kier alpha value is -1.78. The molecule has 0 heterocycles. The zero-order valence-electron chi connectivity index (χ0n) is 11.7. The predicted octanol–water partition coefficient (Wildman–Crippen LogP) is 4.12. The number of hydrogen-bond acceptors (Lipinski definition) is 3. The molecule has 0 aliphatic carbocycles. The highest BCUT2D eigenvalue weighted by atomic mass is 35.5. The molecule has 2 aromatic rings. The molecule has 112 valence electrons. The summed E-state index contributed by atoms with van der Waals surface area (Å²) >= 11 is 5.76. The van der Waals surface area contributed by atoms with Gasteiger partial charge in [0.2, 0.25) is 0 Å². The normalized spacial score (nSPS) is 10.4. The van der Waals surface area contributed by atoms with Gasteiger partial charge in [0.1, 0.15) is 18.2 Å². The second-order valence-corrected chi connectivity index (χ2v) is 4.88. The summed E-state index contributed by atoms with van der Waals surface area (Å²) in [6.45, 7) is 1.61. The van der Waals surface area contributed by atoms with Crippen LogP contribution >= 0.6 is 11.6 Å². The molecule has 0 aliphatic heterocycles. The van der Waals surface area contributed by atoms with Gasteiger partial charge in [-0.1, -0.05) is 23.7 Å². The third-order valence-electron chi connectivity index (χ3n) is 2.87. The molecule has 21 heavy (non-hydrogen) atoms. The fraction of sp³-hybridized carbons (Fsp3) is 0.250. The molecule has 0 saturated heterocycles. The van der Waals surface area contributed by atoms with E-state index in [1.165, 1.54) is 6.07 Å². The van der Waals surface area contributed by atoms with E-state index in [0.29, 0.717) is 19.8 Å². The molecule has 2 rings (SSSR count). The first-order chi connectivity index (χ1) is 10.2. The minimum Gasteiger partial charge on any atom is -0.491 e. The van der Waals surface area contributed by atoms with Crippen LogP contribution in [0.25, 0.3) is 0 Å². The van der Waals surface area contributed by atoms with Gasteiger partial charge in [0, 0.05) is 25.4 Å². The summed E-state index contributed by atoms with van der Waals surface area (Å²) in [6.07, 6.45) is 0. The molecule has 0 atom stereocenters. The summed E-state index contributed by atoms with van der Waals surface area (Å²) in [5.41, 5.74) is 1.83. The largest absolute Gasteiger partial charge is 0.491 e. The van der Waals surface area contributed by atoms with Crippen LogP contribution in [0.4, 0.5) is 10.1 Å². The van der Waals surface area contributed by atoms with Crippen molar-refractivity contribution in [3.8, 4) is 5.75 Å². The van der Waals surface area contributed by atoms with Crippen LogP contribution in [-0.4, -0.2) is 20.3 Å². The molecule has 0 saturated carbocycles. The molecule has 0 radical (unpaired) electrons. The summed E-state index contributed by atoms with van der Waals surface area (Å²) in [5, 5.41) is 3.38. The minimum atomic E-state index is -0.408. The van der Waals surface area contributed by atoms with Gasteiger partial charge in [-0.15, -0.1) is 0 Å². The molecule has 1 N–H and O–H groups in total. The Bertz CT molecular complexity index is 592. The Labute approximate surface area is 128 Å². The van der Waals surface area contributed by atoms with Gasteiger partial charge in [0.05, 0.1) is 11.6 Å². The first-order valence-corrected chi connectivity index (χ1v) is 6.96. The number of benzene rings is 2. The van der Waals surface area contributed by atoms with E-state index in [1.54, 1.807) is 19.2 Å². The van der Waals surface area contributed by atoms with Crippen LogP contribution in [0.3, 0.4) is 0 Å². The monoisotopic (exact) mass is 309 g/mol. The van der Waals surface area contributed by atoms with Gasteiger partial charge >= 0.3 is 0 Å². The van der Waals surface area contributed by atoms with E-state index in [4.69, 9.17) is 21.1 Å². The van der Waals surface area contributed by atoms with Crippen LogP contribution in [-0.2, 0) is 11.3 Å². The molecule has 2 aromatic carbocycles. The van der Waals surface area contributed by atoms with Crippen molar-refractivity contribution in [1.29, 1.82) is 0 Å². The van der Waals surface area contributed by atoms with Crippen molar-refractivity contribution in [2.45, 2.75) is 6.54 Å². The maximum absolute atomic E-state index is 13.1. The molecule has 0 fully saturated rings. The number of rotatable bonds is 7. The van der Waals surface area contributed by atoms with Crippen molar-refractivity contribution < 1.29 is 13.9 Å². The zero-order valence-corrected chi connectivity index (χ0v) is 12.5. The Morgan fingerprint density at radius 1 is 1.14 bits per heavy atom. The lowest BCUT2D eigenvalue weighted by molar-refractivity contribution is 0.146. The first kappa shape index (κ1) is 15.6. The van der Waals surface area contributed by atoms with Crippen molar-refractivity contribution in [2.24, 2.45) is 0 Å². The highest BCUT2D eigenvalue weighted by Gasteiger charge is 2.02. The van der Waals surface area contributed by atoms with Crippen LogP contribution in [0, 0.1) is 5.82 Å². The highest BCUT2D eigenvalue weighted by molar-refractivity contribution is 6.30. The fourth-order valence-electron chi connectivity index (χ4n) is 1.79. The highest BCUT2D eigenvalue weighted by Crippen LogP contribution is 2.20. The second-order valence-electron chi connectivity index (χ2n) is 4.47. The number of methoxy groups -OCH3 is 1. The van der Waals surface area contributed by atoms with E-state index >= 15 is 0 Å². The first-order valence-electron chi connectivity index (χ1n) is 6.58. The molecule has 5 heteroatoms. The summed E-state index contributed by atoms with van der Waals surface area (Å²) in [5.74, 6) is 0.364. The van der Waals surface area contributed by atoms with E-state index in [-0.39, 0.29) is 5.02 Å². The lowest BCUT2D eigenvalue weighted by Gasteiger charge is -2.10. The van der Waals surface area contributed by atoms with E-state index < -0.39 is 5.82 Å². The lowest BCUT2D eigenvalue weighted by Crippen LogP contribution is -2.05. The maximum atomic E-state index is 13.1. The van der Waals surface area contributed by atoms with Crippen molar-refractivity contribution >= 4 is 17.3 Å². The quantitative estimate of drug-likeness (QED) is 0.781. The van der Waals surface area contributed by atoms with Gasteiger partial charge in [0.15, 0.2) is 0 Å². The number of ether oxygens (including phenoxy) is 2. The van der Waals surface area contributed by atoms with Crippen LogP contribution < -0.4 is 10.1 Å². The van der Waals surface area contributed by atoms with Crippen molar-refractivity contribution in [3.05, 3.63) is 58.9 Å². The number of nitrogens with one attached hydrogen (secondary N) is 1. The molecule has 0 unspecified atom stereocenters. The van der Waals surface area contributed by atoms with Gasteiger partial charge in [-0.05, 0) is 29.8 Å². The smallest absolute Gasteiger partial charge is 0.141 e. The van der Waals surface area contributed by atoms with Gasteiger partial charge in [0.25, 0.3) is 0 Å². The van der Waals surface area contributed by atoms with Gasteiger partial charge in [-0.2, -0.15) is 0 Å². The van der Waals surface area contributed by atoms with Crippen LogP contribution in [0.15, 0.2) is 42.5 Å². The number of anilines is 1. The van der Waals surface area contributed by atoms with E-state index in [2.05, 4.69) is 5.32 Å². The standard InChI is InChI=1S/C16H17ClFNO2/c1-20-7-8-21-14-4-2-3-13(10-14)19-11-12-5-6-16(18)15(17)9-12/h2-6,9-10,19H,7-8,11H2,1H3. The molecule has 0 amide bonds. The molecule has 0 aliphatic rings. The molecule has 0 bridgehead atoms. The summed E-state index contributed by atoms with van der Waals surface area (Å²) in [6, 6.07) is 12.3. The van der Waals surface area contributed by atoms with E-state index in [9.17, 15) is 4.39 Å². The molecule has 0 aromatic heterocycles. The minimum absolute atomic E-state index is 0.131. The molecule has 3 nitrogen and oxygen atoms in total. The van der Waals surface area contributed by atoms with Crippen LogP contribution in [0.5, 0.6) is 5.75 Å². The average molecular weight is 310 g/mol. The second kappa shape index (κ2) is 7.86. The Balaban J connectivity index is 1.93. The van der Waals surface area contributed by atoms with E-state index in [1.807, 2.05) is 24.3 Å². The van der Waals surface area contributed by atoms with Crippen molar-refractivity contribution in [1.82, 2.24) is 0 Å². The topological polar surface area (TPSA) is 30.5 Å². The molecular weight excluding hydrogens is 293 g/mol. The van der Waals surface area contributed by atoms with Crippen LogP contribution in [0.2, 0.25) is 5.02 Å². The van der Waals surface area contributed by atoms with Crippen molar-refractivity contribution in [2.75, 3.05) is 25.6 Å². The SMILES string of the molecule is COCCOc1cccc(NCc2ccc(F)c(Cl)c2)c1. The fourth-order valence-corrected chi connectivity index (χ4v) is 2.00. The lowest BCUT2D eigenvalue weighted by atomic mass is 10.2. The third-order valence-corrected chi connectivity index (χ3v) is 3.16. The summed E-state index contributed by atoms with van der Waals surface area (Å²) in [4.78, 5) is 0. The Morgan fingerprint density at radius 3 is 2.76 bits per heavy atom. The van der Waals surface area contributed by atoms with E-state index in [0.717, 1.165) is 17.0 Å². The van der Waals surface area contributed by atoms with Gasteiger partial charge < -0.3 is 14.8 Å². The average Bonchev–Trinajstić information content (AvgIpc) is 2.49.